The number of benzene rings is 2. The van der Waals surface area contributed by atoms with Gasteiger partial charge in [0.15, 0.2) is 0 Å². The van der Waals surface area contributed by atoms with Gasteiger partial charge in [0.1, 0.15) is 12.1 Å². The van der Waals surface area contributed by atoms with Gasteiger partial charge < -0.3 is 20.4 Å². The molecule has 1 aliphatic heterocycles. The minimum Gasteiger partial charge on any atom is -0.374 e. The van der Waals surface area contributed by atoms with E-state index in [1.165, 1.54) is 25.3 Å². The van der Waals surface area contributed by atoms with Crippen molar-refractivity contribution in [3.05, 3.63) is 54.1 Å². The highest BCUT2D eigenvalue weighted by atomic mass is 16.2. The number of nitriles is 1. The van der Waals surface area contributed by atoms with Crippen LogP contribution in [0.25, 0.3) is 0 Å². The summed E-state index contributed by atoms with van der Waals surface area (Å²) in [6.45, 7) is 9.75. The Morgan fingerprint density at radius 3 is 2.50 bits per heavy atom. The molecule has 0 spiro atoms. The minimum atomic E-state index is -0.422. The number of hydrogen-bond acceptors (Lipinski definition) is 4. The van der Waals surface area contributed by atoms with E-state index >= 15 is 0 Å². The summed E-state index contributed by atoms with van der Waals surface area (Å²) < 4.78 is 0. The molecule has 0 unspecified atom stereocenters. The summed E-state index contributed by atoms with van der Waals surface area (Å²) in [7, 11) is 0. The van der Waals surface area contributed by atoms with Crippen LogP contribution in [-0.4, -0.2) is 44.7 Å². The second-order valence-electron chi connectivity index (χ2n) is 7.15. The normalized spacial score (nSPS) is 15.5. The molecule has 28 heavy (non-hydrogen) atoms. The topological polar surface area (TPSA) is 72.6 Å². The average molecular weight is 379 g/mol. The third-order valence-electron chi connectivity index (χ3n) is 5.28. The quantitative estimate of drug-likeness (QED) is 0.716. The smallest absolute Gasteiger partial charge is 0.246 e. The van der Waals surface area contributed by atoms with Gasteiger partial charge in [0.25, 0.3) is 0 Å². The Balaban J connectivity index is 1.56. The lowest BCUT2D eigenvalue weighted by Crippen LogP contribution is -3.14. The molecular weight excluding hydrogens is 350 g/mol. The van der Waals surface area contributed by atoms with E-state index in [0.29, 0.717) is 11.3 Å². The molecule has 146 valence electrons. The lowest BCUT2D eigenvalue weighted by molar-refractivity contribution is -0.898. The maximum Gasteiger partial charge on any atom is 0.246 e. The van der Waals surface area contributed by atoms with Crippen LogP contribution in [-0.2, 0) is 4.79 Å². The molecule has 1 aliphatic rings. The van der Waals surface area contributed by atoms with Crippen LogP contribution >= 0.6 is 0 Å². The summed E-state index contributed by atoms with van der Waals surface area (Å²) in [5.41, 5.74) is 3.11. The molecule has 1 heterocycles. The van der Waals surface area contributed by atoms with Gasteiger partial charge in [0, 0.05) is 11.4 Å². The highest BCUT2D eigenvalue weighted by Crippen LogP contribution is 2.19. The van der Waals surface area contributed by atoms with Crippen molar-refractivity contribution in [3.63, 3.8) is 0 Å². The fraction of sp³-hybridized carbons (Fsp3) is 0.364. The van der Waals surface area contributed by atoms with Crippen LogP contribution in [0.15, 0.2) is 48.5 Å². The first-order valence-electron chi connectivity index (χ1n) is 9.85. The highest BCUT2D eigenvalue weighted by Gasteiger charge is 2.19. The van der Waals surface area contributed by atoms with E-state index in [1.54, 1.807) is 29.2 Å². The Labute approximate surface area is 166 Å². The number of quaternary nitrogens is 1. The van der Waals surface area contributed by atoms with Gasteiger partial charge in [-0.1, -0.05) is 12.1 Å². The molecule has 0 bridgehead atoms. The third-order valence-corrected chi connectivity index (χ3v) is 5.28. The van der Waals surface area contributed by atoms with Crippen molar-refractivity contribution in [3.8, 4) is 6.07 Å². The van der Waals surface area contributed by atoms with Crippen molar-refractivity contribution in [2.24, 2.45) is 0 Å². The molecule has 2 aromatic carbocycles. The van der Waals surface area contributed by atoms with E-state index in [9.17, 15) is 4.79 Å². The number of rotatable bonds is 6. The van der Waals surface area contributed by atoms with Crippen molar-refractivity contribution in [1.29, 1.82) is 5.26 Å². The van der Waals surface area contributed by atoms with Gasteiger partial charge in [0.05, 0.1) is 44.0 Å². The summed E-state index contributed by atoms with van der Waals surface area (Å²) in [5, 5.41) is 15.2. The summed E-state index contributed by atoms with van der Waals surface area (Å²) in [6.07, 6.45) is 0. The number of piperazine rings is 1. The number of likely N-dealkylation sites (N-methyl/N-ethyl adjacent to an activating group) is 1. The summed E-state index contributed by atoms with van der Waals surface area (Å²) >= 11 is 0. The standard InChI is InChI=1S/C22H27N5O/c1-3-26-12-14-27(15-13-26)20-10-8-19(9-11-20)24-17(2)22(28)25-21-7-5-4-6-18(21)16-23/h4-11,17,24H,3,12-15H2,1-2H3,(H,25,28)/p+1/t17-/m0/s1. The first-order chi connectivity index (χ1) is 13.6. The zero-order valence-corrected chi connectivity index (χ0v) is 16.5. The molecular formula is C22H28N5O+. The molecule has 6 heteroatoms. The predicted octanol–water partition coefficient (Wildman–Crippen LogP) is 1.72. The molecule has 0 saturated carbocycles. The number of carbonyl (C=O) groups is 1. The van der Waals surface area contributed by atoms with Crippen molar-refractivity contribution in [2.45, 2.75) is 19.9 Å². The van der Waals surface area contributed by atoms with Crippen LogP contribution in [0.5, 0.6) is 0 Å². The Morgan fingerprint density at radius 2 is 1.86 bits per heavy atom. The highest BCUT2D eigenvalue weighted by molar-refractivity contribution is 5.97. The summed E-state index contributed by atoms with van der Waals surface area (Å²) in [5.74, 6) is -0.176. The molecule has 3 N–H and O–H groups in total. The van der Waals surface area contributed by atoms with Crippen molar-refractivity contribution in [2.75, 3.05) is 48.3 Å². The van der Waals surface area contributed by atoms with Gasteiger partial charge in [0.2, 0.25) is 5.91 Å². The number of anilines is 3. The maximum atomic E-state index is 12.5. The molecule has 0 aromatic heterocycles. The number of nitrogens with one attached hydrogen (secondary N) is 3. The lowest BCUT2D eigenvalue weighted by Gasteiger charge is -2.33. The number of hydrogen-bond donors (Lipinski definition) is 3. The first-order valence-corrected chi connectivity index (χ1v) is 9.85. The summed E-state index contributed by atoms with van der Waals surface area (Å²) in [6, 6.07) is 16.9. The predicted molar refractivity (Wildman–Crippen MR) is 113 cm³/mol. The zero-order chi connectivity index (χ0) is 19.9. The van der Waals surface area contributed by atoms with Crippen molar-refractivity contribution < 1.29 is 9.69 Å². The zero-order valence-electron chi connectivity index (χ0n) is 16.5. The summed E-state index contributed by atoms with van der Waals surface area (Å²) in [4.78, 5) is 16.5. The van der Waals surface area contributed by atoms with Crippen molar-refractivity contribution in [1.82, 2.24) is 0 Å². The van der Waals surface area contributed by atoms with Gasteiger partial charge in [-0.3, -0.25) is 4.79 Å². The maximum absolute atomic E-state index is 12.5. The Bertz CT molecular complexity index is 835. The van der Waals surface area contributed by atoms with Crippen LogP contribution in [0.1, 0.15) is 19.4 Å². The van der Waals surface area contributed by atoms with Crippen molar-refractivity contribution >= 4 is 23.0 Å². The van der Waals surface area contributed by atoms with Crippen LogP contribution < -0.4 is 20.4 Å². The molecule has 1 atom stereocenters. The fourth-order valence-corrected chi connectivity index (χ4v) is 3.45. The third kappa shape index (κ3) is 4.81. The number of carbonyl (C=O) groups excluding carboxylic acids is 1. The minimum absolute atomic E-state index is 0.176. The molecule has 1 amide bonds. The van der Waals surface area contributed by atoms with Crippen LogP contribution in [0.2, 0.25) is 0 Å². The molecule has 6 nitrogen and oxygen atoms in total. The van der Waals surface area contributed by atoms with Gasteiger partial charge in [-0.15, -0.1) is 0 Å². The molecule has 0 aliphatic carbocycles. The largest absolute Gasteiger partial charge is 0.374 e. The molecule has 2 aromatic rings. The number of nitrogens with zero attached hydrogens (tertiary/aromatic N) is 2. The van der Waals surface area contributed by atoms with E-state index < -0.39 is 6.04 Å². The molecule has 3 rings (SSSR count). The van der Waals surface area contributed by atoms with Gasteiger partial charge >= 0.3 is 0 Å². The van der Waals surface area contributed by atoms with E-state index in [-0.39, 0.29) is 5.91 Å². The fourth-order valence-electron chi connectivity index (χ4n) is 3.45. The average Bonchev–Trinajstić information content (AvgIpc) is 2.74. The van der Waals surface area contributed by atoms with Gasteiger partial charge in [-0.25, -0.2) is 0 Å². The Kier molecular flexibility index (Phi) is 6.51. The second-order valence-corrected chi connectivity index (χ2v) is 7.15. The molecule has 1 saturated heterocycles. The van der Waals surface area contributed by atoms with E-state index in [4.69, 9.17) is 5.26 Å². The molecule has 0 radical (unpaired) electrons. The van der Waals surface area contributed by atoms with Crippen LogP contribution in [0.3, 0.4) is 0 Å². The SMILES string of the molecule is CC[NH+]1CCN(c2ccc(N[C@@H](C)C(=O)Nc3ccccc3C#N)cc2)CC1. The van der Waals surface area contributed by atoms with Gasteiger partial charge in [-0.05, 0) is 50.2 Å². The Hall–Kier alpha value is -3.04. The second kappa shape index (κ2) is 9.25. The van der Waals surface area contributed by atoms with Crippen LogP contribution in [0.4, 0.5) is 17.1 Å². The van der Waals surface area contributed by atoms with E-state index in [2.05, 4.69) is 40.7 Å². The Morgan fingerprint density at radius 1 is 1.18 bits per heavy atom. The monoisotopic (exact) mass is 378 g/mol. The number of amides is 1. The van der Waals surface area contributed by atoms with E-state index in [0.717, 1.165) is 18.8 Å². The van der Waals surface area contributed by atoms with E-state index in [1.807, 2.05) is 19.1 Å². The van der Waals surface area contributed by atoms with Gasteiger partial charge in [-0.2, -0.15) is 5.26 Å². The first kappa shape index (κ1) is 19.7. The number of para-hydroxylation sites is 1. The van der Waals surface area contributed by atoms with Crippen LogP contribution in [0, 0.1) is 11.3 Å². The molecule has 1 fully saturated rings. The lowest BCUT2D eigenvalue weighted by atomic mass is 10.2.